The molecule has 0 bridgehead atoms. The van der Waals surface area contributed by atoms with Gasteiger partial charge in [0.1, 0.15) is 18.3 Å². The lowest BCUT2D eigenvalue weighted by Crippen LogP contribution is -2.59. The minimum Gasteiger partial charge on any atom is -0.456 e. The predicted octanol–water partition coefficient (Wildman–Crippen LogP) is -0.164. The van der Waals surface area contributed by atoms with E-state index in [2.05, 4.69) is 0 Å². The zero-order valence-electron chi connectivity index (χ0n) is 11.7. The van der Waals surface area contributed by atoms with E-state index in [1.807, 2.05) is 13.8 Å². The van der Waals surface area contributed by atoms with Crippen molar-refractivity contribution in [1.29, 1.82) is 0 Å². The van der Waals surface area contributed by atoms with E-state index < -0.39 is 43.1 Å². The van der Waals surface area contributed by atoms with Gasteiger partial charge in [0.05, 0.1) is 18.6 Å². The summed E-state index contributed by atoms with van der Waals surface area (Å²) in [6.07, 6.45) is -3.56. The largest absolute Gasteiger partial charge is 0.456 e. The zero-order chi connectivity index (χ0) is 14.6. The number of hydrogen-bond donors (Lipinski definition) is 3. The molecule has 6 nitrogen and oxygen atoms in total. The Bertz CT molecular complexity index is 291. The van der Waals surface area contributed by atoms with Gasteiger partial charge in [0.15, 0.2) is 6.10 Å². The Morgan fingerprint density at radius 2 is 1.84 bits per heavy atom. The van der Waals surface area contributed by atoms with Crippen LogP contribution in [0.2, 0.25) is 0 Å². The Hall–Kier alpha value is -0.690. The summed E-state index contributed by atoms with van der Waals surface area (Å²) in [5.41, 5.74) is 0. The zero-order valence-corrected chi connectivity index (χ0v) is 11.7. The van der Waals surface area contributed by atoms with Crippen molar-refractivity contribution < 1.29 is 29.6 Å². The average molecular weight is 276 g/mol. The number of carbonyl (C=O) groups excluding carboxylic acids is 1. The molecule has 6 heteroatoms. The Morgan fingerprint density at radius 3 is 2.32 bits per heavy atom. The maximum atomic E-state index is 11.9. The van der Waals surface area contributed by atoms with E-state index in [4.69, 9.17) is 14.6 Å². The van der Waals surface area contributed by atoms with Crippen LogP contribution in [0.4, 0.5) is 0 Å². The molecule has 0 aliphatic carbocycles. The highest BCUT2D eigenvalue weighted by Crippen LogP contribution is 2.24. The van der Waals surface area contributed by atoms with Gasteiger partial charge in [-0.25, -0.2) is 0 Å². The van der Waals surface area contributed by atoms with Crippen LogP contribution in [-0.2, 0) is 14.3 Å². The molecule has 0 aromatic carbocycles. The van der Waals surface area contributed by atoms with Crippen molar-refractivity contribution in [3.05, 3.63) is 0 Å². The van der Waals surface area contributed by atoms with Crippen molar-refractivity contribution in [2.45, 2.75) is 64.1 Å². The molecule has 5 atom stereocenters. The van der Waals surface area contributed by atoms with Gasteiger partial charge in [-0.1, -0.05) is 13.8 Å². The summed E-state index contributed by atoms with van der Waals surface area (Å²) in [5, 5.41) is 29.0. The Kier molecular flexibility index (Phi) is 6.19. The van der Waals surface area contributed by atoms with Crippen LogP contribution in [0.5, 0.6) is 0 Å². The van der Waals surface area contributed by atoms with Crippen molar-refractivity contribution in [3.8, 4) is 0 Å². The predicted molar refractivity (Wildman–Crippen MR) is 67.4 cm³/mol. The molecule has 0 aromatic rings. The van der Waals surface area contributed by atoms with E-state index >= 15 is 0 Å². The lowest BCUT2D eigenvalue weighted by molar-refractivity contribution is -0.236. The maximum absolute atomic E-state index is 11.9. The number of rotatable bonds is 5. The standard InChI is InChI=1S/C13H24O6/c1-4-8(5-2)13(17)19-12-10(15)7(3)18-9(6-14)11(12)16/h7-12,14-16H,4-6H2,1-3H3. The summed E-state index contributed by atoms with van der Waals surface area (Å²) in [4.78, 5) is 11.9. The fourth-order valence-electron chi connectivity index (χ4n) is 2.26. The fourth-order valence-corrected chi connectivity index (χ4v) is 2.26. The molecule has 1 fully saturated rings. The second kappa shape index (κ2) is 7.19. The van der Waals surface area contributed by atoms with Crippen LogP contribution in [0.3, 0.4) is 0 Å². The molecule has 0 aromatic heterocycles. The van der Waals surface area contributed by atoms with E-state index in [1.165, 1.54) is 0 Å². The summed E-state index contributed by atoms with van der Waals surface area (Å²) >= 11 is 0. The third-order valence-electron chi connectivity index (χ3n) is 3.68. The van der Waals surface area contributed by atoms with Crippen LogP contribution >= 0.6 is 0 Å². The summed E-state index contributed by atoms with van der Waals surface area (Å²) in [6.45, 7) is 4.98. The molecule has 3 N–H and O–H groups in total. The maximum Gasteiger partial charge on any atom is 0.309 e. The van der Waals surface area contributed by atoms with Gasteiger partial charge in [-0.3, -0.25) is 4.79 Å². The van der Waals surface area contributed by atoms with Crippen LogP contribution < -0.4 is 0 Å². The monoisotopic (exact) mass is 276 g/mol. The number of aliphatic hydroxyl groups excluding tert-OH is 3. The Morgan fingerprint density at radius 1 is 1.26 bits per heavy atom. The van der Waals surface area contributed by atoms with E-state index in [0.29, 0.717) is 12.8 Å². The third-order valence-corrected chi connectivity index (χ3v) is 3.68. The first-order chi connectivity index (χ1) is 8.96. The Labute approximate surface area is 113 Å². The first kappa shape index (κ1) is 16.4. The molecular formula is C13H24O6. The molecule has 112 valence electrons. The average Bonchev–Trinajstić information content (AvgIpc) is 2.40. The van der Waals surface area contributed by atoms with Crippen molar-refractivity contribution in [1.82, 2.24) is 0 Å². The number of carbonyl (C=O) groups is 1. The number of esters is 1. The lowest BCUT2D eigenvalue weighted by atomic mass is 9.95. The fraction of sp³-hybridized carbons (Fsp3) is 0.923. The van der Waals surface area contributed by atoms with Crippen LogP contribution in [-0.4, -0.2) is 58.4 Å². The summed E-state index contributed by atoms with van der Waals surface area (Å²) in [5.74, 6) is -0.677. The molecule has 0 spiro atoms. The quantitative estimate of drug-likeness (QED) is 0.604. The molecule has 5 unspecified atom stereocenters. The SMILES string of the molecule is CCC(CC)C(=O)OC1C(O)C(C)OC(CO)C1O. The number of ether oxygens (including phenoxy) is 2. The normalized spacial score (nSPS) is 35.4. The van der Waals surface area contributed by atoms with Crippen molar-refractivity contribution >= 4 is 5.97 Å². The third kappa shape index (κ3) is 3.66. The van der Waals surface area contributed by atoms with Crippen LogP contribution in [0.15, 0.2) is 0 Å². The van der Waals surface area contributed by atoms with Gasteiger partial charge < -0.3 is 24.8 Å². The lowest BCUT2D eigenvalue weighted by Gasteiger charge is -2.40. The second-order valence-corrected chi connectivity index (χ2v) is 4.96. The Balaban J connectivity index is 2.75. The van der Waals surface area contributed by atoms with E-state index in [0.717, 1.165) is 0 Å². The van der Waals surface area contributed by atoms with Crippen molar-refractivity contribution in [3.63, 3.8) is 0 Å². The smallest absolute Gasteiger partial charge is 0.309 e. The van der Waals surface area contributed by atoms with Gasteiger partial charge in [-0.2, -0.15) is 0 Å². The van der Waals surface area contributed by atoms with Crippen molar-refractivity contribution in [2.24, 2.45) is 5.92 Å². The summed E-state index contributed by atoms with van der Waals surface area (Å²) in [6, 6.07) is 0. The highest BCUT2D eigenvalue weighted by atomic mass is 16.6. The molecular weight excluding hydrogens is 252 g/mol. The first-order valence-corrected chi connectivity index (χ1v) is 6.79. The molecule has 1 rings (SSSR count). The molecule has 1 heterocycles. The van der Waals surface area contributed by atoms with Crippen LogP contribution in [0.1, 0.15) is 33.6 Å². The minimum atomic E-state index is -1.23. The van der Waals surface area contributed by atoms with Gasteiger partial charge >= 0.3 is 5.97 Å². The molecule has 0 saturated carbocycles. The number of aliphatic hydroxyl groups is 3. The van der Waals surface area contributed by atoms with Crippen LogP contribution in [0.25, 0.3) is 0 Å². The minimum absolute atomic E-state index is 0.245. The van der Waals surface area contributed by atoms with E-state index in [9.17, 15) is 15.0 Å². The highest BCUT2D eigenvalue weighted by Gasteiger charge is 2.45. The summed E-state index contributed by atoms with van der Waals surface area (Å²) < 4.78 is 10.5. The molecule has 1 saturated heterocycles. The highest BCUT2D eigenvalue weighted by molar-refractivity contribution is 5.72. The molecule has 19 heavy (non-hydrogen) atoms. The molecule has 1 aliphatic rings. The van der Waals surface area contributed by atoms with Gasteiger partial charge in [0.25, 0.3) is 0 Å². The van der Waals surface area contributed by atoms with Gasteiger partial charge in [0, 0.05) is 0 Å². The molecule has 0 amide bonds. The molecule has 1 aliphatic heterocycles. The van der Waals surface area contributed by atoms with Gasteiger partial charge in [-0.05, 0) is 19.8 Å². The van der Waals surface area contributed by atoms with E-state index in [-0.39, 0.29) is 5.92 Å². The topological polar surface area (TPSA) is 96.2 Å². The van der Waals surface area contributed by atoms with Gasteiger partial charge in [-0.15, -0.1) is 0 Å². The number of hydrogen-bond acceptors (Lipinski definition) is 6. The first-order valence-electron chi connectivity index (χ1n) is 6.79. The van der Waals surface area contributed by atoms with Crippen molar-refractivity contribution in [2.75, 3.05) is 6.61 Å². The summed E-state index contributed by atoms with van der Waals surface area (Å²) in [7, 11) is 0. The van der Waals surface area contributed by atoms with Crippen LogP contribution in [0, 0.1) is 5.92 Å². The second-order valence-electron chi connectivity index (χ2n) is 4.96. The van der Waals surface area contributed by atoms with E-state index in [1.54, 1.807) is 6.92 Å². The molecule has 0 radical (unpaired) electrons. The van der Waals surface area contributed by atoms with Gasteiger partial charge in [0.2, 0.25) is 0 Å².